The number of halogens is 1. The Bertz CT molecular complexity index is 650. The molecule has 0 radical (unpaired) electrons. The molecular formula is C12H16FN3O4S. The van der Waals surface area contributed by atoms with Crippen LogP contribution in [0.2, 0.25) is 0 Å². The lowest BCUT2D eigenvalue weighted by atomic mass is 10.1. The average Bonchev–Trinajstić information content (AvgIpc) is 2.46. The highest BCUT2D eigenvalue weighted by Crippen LogP contribution is 2.25. The molecule has 1 aromatic carbocycles. The molecule has 0 bridgehead atoms. The number of nitrogens with zero attached hydrogens (tertiary/aromatic N) is 2. The van der Waals surface area contributed by atoms with E-state index in [-0.39, 0.29) is 12.6 Å². The quantitative estimate of drug-likeness (QED) is 0.663. The molecule has 1 atom stereocenters. The third-order valence-corrected chi connectivity index (χ3v) is 5.43. The molecule has 1 unspecified atom stereocenters. The lowest BCUT2D eigenvalue weighted by Gasteiger charge is -2.31. The fourth-order valence-electron chi connectivity index (χ4n) is 2.35. The van der Waals surface area contributed by atoms with Gasteiger partial charge >= 0.3 is 0 Å². The second kappa shape index (κ2) is 6.04. The fraction of sp³-hybridized carbons (Fsp3) is 0.500. The molecule has 116 valence electrons. The molecule has 0 aliphatic carbocycles. The van der Waals surface area contributed by atoms with Gasteiger partial charge in [0.05, 0.1) is 11.0 Å². The van der Waals surface area contributed by atoms with Crippen LogP contribution in [-0.4, -0.2) is 43.8 Å². The number of nitro groups is 1. The van der Waals surface area contributed by atoms with Gasteiger partial charge in [0.2, 0.25) is 10.0 Å². The average molecular weight is 317 g/mol. The third-order valence-electron chi connectivity index (χ3n) is 3.54. The van der Waals surface area contributed by atoms with E-state index in [1.165, 1.54) is 4.31 Å². The van der Waals surface area contributed by atoms with Gasteiger partial charge in [0, 0.05) is 25.2 Å². The van der Waals surface area contributed by atoms with E-state index in [9.17, 15) is 22.9 Å². The van der Waals surface area contributed by atoms with Crippen LogP contribution in [0.1, 0.15) is 12.8 Å². The molecule has 1 N–H and O–H groups in total. The predicted molar refractivity (Wildman–Crippen MR) is 73.9 cm³/mol. The van der Waals surface area contributed by atoms with Gasteiger partial charge in [0.15, 0.2) is 0 Å². The first kappa shape index (κ1) is 15.8. The maximum Gasteiger partial charge on any atom is 0.272 e. The summed E-state index contributed by atoms with van der Waals surface area (Å²) in [7, 11) is -2.24. The Kier molecular flexibility index (Phi) is 4.55. The van der Waals surface area contributed by atoms with E-state index >= 15 is 0 Å². The van der Waals surface area contributed by atoms with Crippen LogP contribution in [-0.2, 0) is 10.0 Å². The van der Waals surface area contributed by atoms with Crippen LogP contribution >= 0.6 is 0 Å². The summed E-state index contributed by atoms with van der Waals surface area (Å²) in [6, 6.07) is 2.60. The Labute approximate surface area is 122 Å². The second-order valence-corrected chi connectivity index (χ2v) is 6.77. The van der Waals surface area contributed by atoms with Crippen LogP contribution in [0, 0.1) is 15.9 Å². The summed E-state index contributed by atoms with van der Waals surface area (Å²) in [5.41, 5.74) is -0.474. The maximum absolute atomic E-state index is 13.9. The van der Waals surface area contributed by atoms with Crippen molar-refractivity contribution < 1.29 is 17.7 Å². The number of rotatable bonds is 4. The second-order valence-electron chi connectivity index (χ2n) is 4.86. The summed E-state index contributed by atoms with van der Waals surface area (Å²) >= 11 is 0. The molecule has 1 aliphatic heterocycles. The molecule has 1 aliphatic rings. The number of piperidine rings is 1. The number of hydrogen-bond acceptors (Lipinski definition) is 5. The number of benzene rings is 1. The molecule has 1 aromatic rings. The van der Waals surface area contributed by atoms with Crippen LogP contribution in [0.15, 0.2) is 23.1 Å². The van der Waals surface area contributed by atoms with Gasteiger partial charge in [0.1, 0.15) is 10.7 Å². The normalized spacial score (nSPS) is 20.4. The van der Waals surface area contributed by atoms with Gasteiger partial charge in [-0.05, 0) is 26.0 Å². The largest absolute Gasteiger partial charge is 0.316 e. The van der Waals surface area contributed by atoms with Crippen molar-refractivity contribution in [2.24, 2.45) is 0 Å². The molecule has 21 heavy (non-hydrogen) atoms. The minimum Gasteiger partial charge on any atom is -0.316 e. The van der Waals surface area contributed by atoms with Gasteiger partial charge in [0.25, 0.3) is 5.69 Å². The summed E-state index contributed by atoms with van der Waals surface area (Å²) in [5, 5.41) is 13.6. The predicted octanol–water partition coefficient (Wildman–Crippen LogP) is 1.11. The van der Waals surface area contributed by atoms with Crippen molar-refractivity contribution in [2.75, 3.05) is 20.1 Å². The number of non-ortho nitro benzene ring substituents is 1. The van der Waals surface area contributed by atoms with E-state index in [4.69, 9.17) is 0 Å². The Balaban J connectivity index is 2.33. The van der Waals surface area contributed by atoms with Gasteiger partial charge in [-0.15, -0.1) is 0 Å². The molecule has 0 spiro atoms. The van der Waals surface area contributed by atoms with Gasteiger partial charge in [-0.3, -0.25) is 10.1 Å². The summed E-state index contributed by atoms with van der Waals surface area (Å²) in [6.07, 6.45) is 1.53. The van der Waals surface area contributed by atoms with Crippen LogP contribution in [0.25, 0.3) is 0 Å². The monoisotopic (exact) mass is 317 g/mol. The van der Waals surface area contributed by atoms with Crippen molar-refractivity contribution in [1.82, 2.24) is 9.62 Å². The molecule has 9 heteroatoms. The minimum atomic E-state index is -3.98. The van der Waals surface area contributed by atoms with Crippen molar-refractivity contribution in [1.29, 1.82) is 0 Å². The third kappa shape index (κ3) is 3.20. The molecule has 7 nitrogen and oxygen atoms in total. The zero-order valence-electron chi connectivity index (χ0n) is 11.5. The molecular weight excluding hydrogens is 301 g/mol. The Morgan fingerprint density at radius 2 is 2.19 bits per heavy atom. The Morgan fingerprint density at radius 1 is 1.48 bits per heavy atom. The zero-order valence-corrected chi connectivity index (χ0v) is 12.3. The minimum absolute atomic E-state index is 0.0228. The topological polar surface area (TPSA) is 92.6 Å². The smallest absolute Gasteiger partial charge is 0.272 e. The first-order valence-corrected chi connectivity index (χ1v) is 7.91. The Morgan fingerprint density at radius 3 is 2.76 bits per heavy atom. The van der Waals surface area contributed by atoms with Gasteiger partial charge < -0.3 is 5.32 Å². The summed E-state index contributed by atoms with van der Waals surface area (Å²) in [4.78, 5) is 9.28. The first-order valence-electron chi connectivity index (χ1n) is 6.47. The molecule has 0 saturated carbocycles. The summed E-state index contributed by atoms with van der Waals surface area (Å²) < 4.78 is 40.0. The summed E-state index contributed by atoms with van der Waals surface area (Å²) in [5.74, 6) is -1.10. The Hall–Kier alpha value is -1.58. The molecule has 1 heterocycles. The van der Waals surface area contributed by atoms with Crippen LogP contribution in [0.5, 0.6) is 0 Å². The SMILES string of the molecule is CNC1CCCN(S(=O)(=O)c2ccc([N+](=O)[O-])cc2F)C1. The number of nitrogens with one attached hydrogen (secondary N) is 1. The van der Waals surface area contributed by atoms with Crippen molar-refractivity contribution in [2.45, 2.75) is 23.8 Å². The summed E-state index contributed by atoms with van der Waals surface area (Å²) in [6.45, 7) is 0.576. The molecule has 0 aromatic heterocycles. The lowest BCUT2D eigenvalue weighted by molar-refractivity contribution is -0.385. The zero-order chi connectivity index (χ0) is 15.6. The van der Waals surface area contributed by atoms with E-state index in [1.807, 2.05) is 0 Å². The highest BCUT2D eigenvalue weighted by molar-refractivity contribution is 7.89. The number of sulfonamides is 1. The van der Waals surface area contributed by atoms with E-state index in [0.717, 1.165) is 18.6 Å². The van der Waals surface area contributed by atoms with Crippen molar-refractivity contribution in [3.05, 3.63) is 34.1 Å². The van der Waals surface area contributed by atoms with Crippen LogP contribution in [0.3, 0.4) is 0 Å². The number of likely N-dealkylation sites (N-methyl/N-ethyl adjacent to an activating group) is 1. The fourth-order valence-corrected chi connectivity index (χ4v) is 3.92. The van der Waals surface area contributed by atoms with Crippen molar-refractivity contribution in [3.8, 4) is 0 Å². The standard InChI is InChI=1S/C12H16FN3O4S/c1-14-9-3-2-6-15(8-9)21(19,20)12-5-4-10(16(17)18)7-11(12)13/h4-5,7,9,14H,2-3,6,8H2,1H3. The van der Waals surface area contributed by atoms with Gasteiger partial charge in [-0.25, -0.2) is 12.8 Å². The molecule has 1 saturated heterocycles. The van der Waals surface area contributed by atoms with Crippen LogP contribution < -0.4 is 5.32 Å². The van der Waals surface area contributed by atoms with Gasteiger partial charge in [-0.1, -0.05) is 0 Å². The van der Waals surface area contributed by atoms with Crippen molar-refractivity contribution in [3.63, 3.8) is 0 Å². The molecule has 2 rings (SSSR count). The van der Waals surface area contributed by atoms with E-state index in [2.05, 4.69) is 5.32 Å². The molecule has 1 fully saturated rings. The van der Waals surface area contributed by atoms with E-state index in [0.29, 0.717) is 19.0 Å². The van der Waals surface area contributed by atoms with Crippen LogP contribution in [0.4, 0.5) is 10.1 Å². The van der Waals surface area contributed by atoms with E-state index in [1.54, 1.807) is 7.05 Å². The van der Waals surface area contributed by atoms with Gasteiger partial charge in [-0.2, -0.15) is 4.31 Å². The maximum atomic E-state index is 13.9. The van der Waals surface area contributed by atoms with Crippen molar-refractivity contribution >= 4 is 15.7 Å². The number of hydrogen-bond donors (Lipinski definition) is 1. The highest BCUT2D eigenvalue weighted by atomic mass is 32.2. The highest BCUT2D eigenvalue weighted by Gasteiger charge is 2.32. The van der Waals surface area contributed by atoms with E-state index < -0.39 is 31.3 Å². The lowest BCUT2D eigenvalue weighted by Crippen LogP contribution is -2.47. The first-order chi connectivity index (χ1) is 9.86. The number of nitro benzene ring substituents is 1. The molecule has 0 amide bonds.